The van der Waals surface area contributed by atoms with E-state index in [0.29, 0.717) is 5.41 Å². The lowest BCUT2D eigenvalue weighted by Crippen LogP contribution is -2.40. The van der Waals surface area contributed by atoms with E-state index in [1.165, 1.54) is 13.0 Å². The molecule has 5 heteroatoms. The highest BCUT2D eigenvalue weighted by Gasteiger charge is 2.31. The van der Waals surface area contributed by atoms with E-state index in [-0.39, 0.29) is 18.3 Å². The summed E-state index contributed by atoms with van der Waals surface area (Å²) in [6.07, 6.45) is 2.39. The minimum atomic E-state index is 0. The van der Waals surface area contributed by atoms with E-state index in [1.54, 1.807) is 6.92 Å². The molecule has 2 aliphatic heterocycles. The molecule has 2 fully saturated rings. The summed E-state index contributed by atoms with van der Waals surface area (Å²) in [5, 5.41) is 3.45. The highest BCUT2D eigenvalue weighted by molar-refractivity contribution is 5.85. The van der Waals surface area contributed by atoms with Gasteiger partial charge in [-0.3, -0.25) is 4.79 Å². The second-order valence-corrected chi connectivity index (χ2v) is 5.87. The molecule has 0 bridgehead atoms. The number of nitrogens with one attached hydrogen (secondary N) is 1. The summed E-state index contributed by atoms with van der Waals surface area (Å²) >= 11 is 0. The van der Waals surface area contributed by atoms with Gasteiger partial charge in [-0.2, -0.15) is 0 Å². The monoisotopic (exact) mass is 275 g/mol. The minimum absolute atomic E-state index is 0. The van der Waals surface area contributed by atoms with Crippen molar-refractivity contribution >= 4 is 18.3 Å². The third-order valence-corrected chi connectivity index (χ3v) is 4.10. The maximum absolute atomic E-state index is 11.4. The Morgan fingerprint density at radius 2 is 2.06 bits per heavy atom. The maximum Gasteiger partial charge on any atom is 0.219 e. The van der Waals surface area contributed by atoms with Gasteiger partial charge < -0.3 is 15.1 Å². The summed E-state index contributed by atoms with van der Waals surface area (Å²) in [4.78, 5) is 15.9. The van der Waals surface area contributed by atoms with Gasteiger partial charge in [-0.25, -0.2) is 0 Å². The summed E-state index contributed by atoms with van der Waals surface area (Å²) in [6, 6.07) is 0. The SMILES string of the molecule is CC(=O)N1CCCN(CC2(C)CCNC2)CC1.Cl. The average Bonchev–Trinajstić information content (AvgIpc) is 2.56. The number of hydrogen-bond acceptors (Lipinski definition) is 3. The summed E-state index contributed by atoms with van der Waals surface area (Å²) in [6.45, 7) is 11.5. The van der Waals surface area contributed by atoms with Crippen LogP contribution in [0.5, 0.6) is 0 Å². The van der Waals surface area contributed by atoms with E-state index in [9.17, 15) is 4.79 Å². The lowest BCUT2D eigenvalue weighted by molar-refractivity contribution is -0.128. The van der Waals surface area contributed by atoms with Gasteiger partial charge in [-0.15, -0.1) is 12.4 Å². The number of amides is 1. The molecule has 0 aromatic rings. The standard InChI is InChI=1S/C13H25N3O.ClH/c1-12(17)16-7-3-6-15(8-9-16)11-13(2)4-5-14-10-13;/h14H,3-11H2,1-2H3;1H. The first kappa shape index (κ1) is 15.7. The van der Waals surface area contributed by atoms with Crippen molar-refractivity contribution in [3.63, 3.8) is 0 Å². The summed E-state index contributed by atoms with van der Waals surface area (Å²) in [5.41, 5.74) is 0.436. The number of nitrogens with zero attached hydrogens (tertiary/aromatic N) is 2. The zero-order chi connectivity index (χ0) is 12.3. The van der Waals surface area contributed by atoms with Crippen LogP contribution in [0.15, 0.2) is 0 Å². The van der Waals surface area contributed by atoms with Gasteiger partial charge in [-0.1, -0.05) is 6.92 Å². The van der Waals surface area contributed by atoms with Crippen LogP contribution >= 0.6 is 12.4 Å². The smallest absolute Gasteiger partial charge is 0.219 e. The van der Waals surface area contributed by atoms with Crippen LogP contribution in [0.3, 0.4) is 0 Å². The average molecular weight is 276 g/mol. The third kappa shape index (κ3) is 4.11. The zero-order valence-corrected chi connectivity index (χ0v) is 12.4. The predicted molar refractivity (Wildman–Crippen MR) is 76.2 cm³/mol. The van der Waals surface area contributed by atoms with Crippen LogP contribution in [0, 0.1) is 5.41 Å². The number of halogens is 1. The van der Waals surface area contributed by atoms with Crippen molar-refractivity contribution in [2.75, 3.05) is 45.8 Å². The molecule has 2 aliphatic rings. The van der Waals surface area contributed by atoms with Crippen LogP contribution in [-0.4, -0.2) is 61.5 Å². The normalized spacial score (nSPS) is 29.8. The Hall–Kier alpha value is -0.320. The fourth-order valence-electron chi connectivity index (χ4n) is 2.99. The highest BCUT2D eigenvalue weighted by atomic mass is 35.5. The molecule has 0 aliphatic carbocycles. The Morgan fingerprint density at radius 3 is 2.67 bits per heavy atom. The molecule has 0 saturated carbocycles. The molecule has 1 unspecified atom stereocenters. The van der Waals surface area contributed by atoms with Crippen molar-refractivity contribution in [3.05, 3.63) is 0 Å². The molecule has 1 N–H and O–H groups in total. The van der Waals surface area contributed by atoms with Crippen LogP contribution < -0.4 is 5.32 Å². The van der Waals surface area contributed by atoms with Gasteiger partial charge in [-0.05, 0) is 31.3 Å². The fraction of sp³-hybridized carbons (Fsp3) is 0.923. The predicted octanol–water partition coefficient (Wildman–Crippen LogP) is 0.962. The number of rotatable bonds is 2. The van der Waals surface area contributed by atoms with Gasteiger partial charge in [0.05, 0.1) is 0 Å². The molecule has 2 heterocycles. The first-order valence-corrected chi connectivity index (χ1v) is 6.78. The van der Waals surface area contributed by atoms with Gasteiger partial charge in [0.1, 0.15) is 0 Å². The molecule has 106 valence electrons. The van der Waals surface area contributed by atoms with Crippen LogP contribution in [0.4, 0.5) is 0 Å². The van der Waals surface area contributed by atoms with Crippen molar-refractivity contribution in [2.24, 2.45) is 5.41 Å². The number of hydrogen-bond donors (Lipinski definition) is 1. The van der Waals surface area contributed by atoms with Crippen LogP contribution in [0.2, 0.25) is 0 Å². The van der Waals surface area contributed by atoms with Crippen molar-refractivity contribution in [1.29, 1.82) is 0 Å². The summed E-state index contributed by atoms with van der Waals surface area (Å²) in [7, 11) is 0. The Bertz CT molecular complexity index is 279. The van der Waals surface area contributed by atoms with Crippen molar-refractivity contribution in [1.82, 2.24) is 15.1 Å². The van der Waals surface area contributed by atoms with Crippen molar-refractivity contribution < 1.29 is 4.79 Å². The Morgan fingerprint density at radius 1 is 1.28 bits per heavy atom. The lowest BCUT2D eigenvalue weighted by Gasteiger charge is -2.31. The summed E-state index contributed by atoms with van der Waals surface area (Å²) < 4.78 is 0. The van der Waals surface area contributed by atoms with Crippen LogP contribution in [0.25, 0.3) is 0 Å². The maximum atomic E-state index is 11.4. The van der Waals surface area contributed by atoms with E-state index in [2.05, 4.69) is 17.1 Å². The van der Waals surface area contributed by atoms with Crippen LogP contribution in [-0.2, 0) is 4.79 Å². The topological polar surface area (TPSA) is 35.6 Å². The second kappa shape index (κ2) is 6.73. The van der Waals surface area contributed by atoms with E-state index >= 15 is 0 Å². The fourth-order valence-corrected chi connectivity index (χ4v) is 2.99. The molecule has 0 radical (unpaired) electrons. The number of carbonyl (C=O) groups excluding carboxylic acids is 1. The van der Waals surface area contributed by atoms with Gasteiger partial charge in [0.15, 0.2) is 0 Å². The number of carbonyl (C=O) groups is 1. The molecule has 0 aromatic carbocycles. The molecule has 0 spiro atoms. The van der Waals surface area contributed by atoms with E-state index in [0.717, 1.165) is 45.7 Å². The summed E-state index contributed by atoms with van der Waals surface area (Å²) in [5.74, 6) is 0.223. The molecule has 2 rings (SSSR count). The third-order valence-electron chi connectivity index (χ3n) is 4.10. The van der Waals surface area contributed by atoms with E-state index in [4.69, 9.17) is 0 Å². The van der Waals surface area contributed by atoms with Gasteiger partial charge in [0.25, 0.3) is 0 Å². The molecule has 2 saturated heterocycles. The zero-order valence-electron chi connectivity index (χ0n) is 11.6. The minimum Gasteiger partial charge on any atom is -0.342 e. The largest absolute Gasteiger partial charge is 0.342 e. The second-order valence-electron chi connectivity index (χ2n) is 5.87. The highest BCUT2D eigenvalue weighted by Crippen LogP contribution is 2.26. The molecular weight excluding hydrogens is 250 g/mol. The molecule has 1 atom stereocenters. The van der Waals surface area contributed by atoms with Gasteiger partial charge in [0, 0.05) is 39.6 Å². The Balaban J connectivity index is 0.00000162. The van der Waals surface area contributed by atoms with E-state index < -0.39 is 0 Å². The Kier molecular flexibility index (Phi) is 5.89. The lowest BCUT2D eigenvalue weighted by atomic mass is 9.89. The van der Waals surface area contributed by atoms with E-state index in [1.807, 2.05) is 4.90 Å². The molecule has 18 heavy (non-hydrogen) atoms. The molecule has 0 aromatic heterocycles. The van der Waals surface area contributed by atoms with Crippen LogP contribution in [0.1, 0.15) is 26.7 Å². The van der Waals surface area contributed by atoms with Gasteiger partial charge in [0.2, 0.25) is 5.91 Å². The Labute approximate surface area is 116 Å². The first-order chi connectivity index (χ1) is 8.09. The molecule has 1 amide bonds. The molecular formula is C13H26ClN3O. The molecule has 4 nitrogen and oxygen atoms in total. The van der Waals surface area contributed by atoms with Crippen molar-refractivity contribution in [2.45, 2.75) is 26.7 Å². The van der Waals surface area contributed by atoms with Crippen molar-refractivity contribution in [3.8, 4) is 0 Å². The quantitative estimate of drug-likeness (QED) is 0.816. The first-order valence-electron chi connectivity index (χ1n) is 6.78. The van der Waals surface area contributed by atoms with Gasteiger partial charge >= 0.3 is 0 Å².